The van der Waals surface area contributed by atoms with Crippen molar-refractivity contribution in [2.24, 2.45) is 4.99 Å². The molecular weight excluding hydrogens is 493 g/mol. The van der Waals surface area contributed by atoms with Gasteiger partial charge in [0.2, 0.25) is 6.79 Å². The Balaban J connectivity index is 0.00000192. The van der Waals surface area contributed by atoms with Gasteiger partial charge in [-0.05, 0) is 52.2 Å². The number of guanidine groups is 1. The molecular formula is C15H21BrIN3O2S. The molecule has 1 aromatic rings. The van der Waals surface area contributed by atoms with Gasteiger partial charge in [0.1, 0.15) is 0 Å². The topological polar surface area (TPSA) is 54.9 Å². The highest BCUT2D eigenvalue weighted by atomic mass is 127. The van der Waals surface area contributed by atoms with E-state index in [1.807, 2.05) is 23.9 Å². The van der Waals surface area contributed by atoms with Gasteiger partial charge in [0, 0.05) is 25.4 Å². The first-order valence-electron chi connectivity index (χ1n) is 7.40. The molecule has 0 saturated carbocycles. The number of hydrogen-bond acceptors (Lipinski definition) is 4. The first-order valence-corrected chi connectivity index (χ1v) is 9.24. The van der Waals surface area contributed by atoms with Crippen molar-refractivity contribution in [1.29, 1.82) is 0 Å². The second-order valence-corrected chi connectivity index (χ2v) is 7.52. The van der Waals surface area contributed by atoms with Crippen LogP contribution in [0.3, 0.4) is 0 Å². The molecule has 1 fully saturated rings. The second-order valence-electron chi connectivity index (χ2n) is 5.25. The Labute approximate surface area is 166 Å². The molecule has 2 aliphatic heterocycles. The molecule has 2 N–H and O–H groups in total. The van der Waals surface area contributed by atoms with E-state index in [1.165, 1.54) is 18.6 Å². The van der Waals surface area contributed by atoms with Crippen LogP contribution in [0.4, 0.5) is 0 Å². The smallest absolute Gasteiger partial charge is 0.231 e. The number of nitrogens with zero attached hydrogens (tertiary/aromatic N) is 1. The van der Waals surface area contributed by atoms with Crippen LogP contribution in [-0.2, 0) is 6.54 Å². The molecule has 5 nitrogen and oxygen atoms in total. The van der Waals surface area contributed by atoms with E-state index in [-0.39, 0.29) is 30.8 Å². The average Bonchev–Trinajstić information content (AvgIpc) is 3.18. The summed E-state index contributed by atoms with van der Waals surface area (Å²) in [5, 5.41) is 7.45. The van der Waals surface area contributed by atoms with Gasteiger partial charge in [0.05, 0.1) is 4.47 Å². The molecule has 2 aliphatic rings. The van der Waals surface area contributed by atoms with Gasteiger partial charge in [-0.25, -0.2) is 0 Å². The van der Waals surface area contributed by atoms with E-state index < -0.39 is 0 Å². The molecule has 1 aromatic carbocycles. The molecule has 1 unspecified atom stereocenters. The van der Waals surface area contributed by atoms with Crippen LogP contribution in [0.5, 0.6) is 11.5 Å². The fourth-order valence-electron chi connectivity index (χ4n) is 2.55. The summed E-state index contributed by atoms with van der Waals surface area (Å²) in [6.07, 6.45) is 2.62. The van der Waals surface area contributed by atoms with E-state index in [9.17, 15) is 0 Å². The number of hydrogen-bond donors (Lipinski definition) is 2. The Hall–Kier alpha value is -0.350. The third kappa shape index (κ3) is 5.06. The van der Waals surface area contributed by atoms with E-state index >= 15 is 0 Å². The minimum Gasteiger partial charge on any atom is -0.454 e. The lowest BCUT2D eigenvalue weighted by atomic mass is 10.2. The summed E-state index contributed by atoms with van der Waals surface area (Å²) in [6.45, 7) is 1.94. The van der Waals surface area contributed by atoms with E-state index in [4.69, 9.17) is 9.47 Å². The Morgan fingerprint density at radius 2 is 2.26 bits per heavy atom. The summed E-state index contributed by atoms with van der Waals surface area (Å²) < 4.78 is 11.8. The van der Waals surface area contributed by atoms with Gasteiger partial charge in [0.15, 0.2) is 17.5 Å². The van der Waals surface area contributed by atoms with Crippen molar-refractivity contribution in [3.05, 3.63) is 22.2 Å². The standard InChI is InChI=1S/C15H20BrN3O2S.HI/c1-17-15(19-8-11-3-2-4-22-11)18-7-10-5-12(16)14-13(6-10)20-9-21-14;/h5-6,11H,2-4,7-9H2,1H3,(H2,17,18,19);1H. The Kier molecular flexibility index (Phi) is 7.61. The molecule has 2 heterocycles. The zero-order chi connectivity index (χ0) is 15.4. The molecule has 3 rings (SSSR count). The van der Waals surface area contributed by atoms with E-state index in [0.29, 0.717) is 11.8 Å². The van der Waals surface area contributed by atoms with Gasteiger partial charge in [-0.1, -0.05) is 0 Å². The lowest BCUT2D eigenvalue weighted by Crippen LogP contribution is -2.39. The molecule has 0 aliphatic carbocycles. The monoisotopic (exact) mass is 513 g/mol. The van der Waals surface area contributed by atoms with Gasteiger partial charge in [0.25, 0.3) is 0 Å². The molecule has 0 radical (unpaired) electrons. The highest BCUT2D eigenvalue weighted by Gasteiger charge is 2.18. The summed E-state index contributed by atoms with van der Waals surface area (Å²) in [7, 11) is 1.80. The van der Waals surface area contributed by atoms with Crippen LogP contribution < -0.4 is 20.1 Å². The summed E-state index contributed by atoms with van der Waals surface area (Å²) in [5.74, 6) is 3.69. The maximum atomic E-state index is 5.44. The van der Waals surface area contributed by atoms with E-state index in [1.54, 1.807) is 7.05 Å². The fourth-order valence-corrected chi connectivity index (χ4v) is 4.35. The fraction of sp³-hybridized carbons (Fsp3) is 0.533. The molecule has 0 bridgehead atoms. The van der Waals surface area contributed by atoms with E-state index in [0.717, 1.165) is 34.0 Å². The van der Waals surface area contributed by atoms with Gasteiger partial charge in [-0.3, -0.25) is 4.99 Å². The maximum Gasteiger partial charge on any atom is 0.231 e. The van der Waals surface area contributed by atoms with Crippen LogP contribution in [0.1, 0.15) is 18.4 Å². The minimum absolute atomic E-state index is 0. The summed E-state index contributed by atoms with van der Waals surface area (Å²) >= 11 is 5.56. The first kappa shape index (κ1) is 19.0. The molecule has 1 atom stereocenters. The Morgan fingerprint density at radius 3 is 3.00 bits per heavy atom. The average molecular weight is 514 g/mol. The third-order valence-corrected chi connectivity index (χ3v) is 5.68. The SMILES string of the molecule is CN=C(NCc1cc(Br)c2c(c1)OCO2)NCC1CCCS1.I. The number of benzene rings is 1. The van der Waals surface area contributed by atoms with Crippen LogP contribution >= 0.6 is 51.7 Å². The van der Waals surface area contributed by atoms with Crippen molar-refractivity contribution in [3.63, 3.8) is 0 Å². The highest BCUT2D eigenvalue weighted by Crippen LogP contribution is 2.39. The van der Waals surface area contributed by atoms with Crippen LogP contribution in [0.25, 0.3) is 0 Å². The van der Waals surface area contributed by atoms with Crippen LogP contribution in [-0.4, -0.2) is 37.3 Å². The number of nitrogens with one attached hydrogen (secondary N) is 2. The molecule has 8 heteroatoms. The first-order chi connectivity index (χ1) is 10.8. The van der Waals surface area contributed by atoms with Gasteiger partial charge in [-0.2, -0.15) is 11.8 Å². The summed E-state index contributed by atoms with van der Waals surface area (Å²) in [5.41, 5.74) is 1.12. The number of rotatable bonds is 4. The number of halogens is 2. The van der Waals surface area contributed by atoms with Crippen LogP contribution in [0.2, 0.25) is 0 Å². The Morgan fingerprint density at radius 1 is 1.39 bits per heavy atom. The molecule has 1 saturated heterocycles. The van der Waals surface area contributed by atoms with Crippen molar-refractivity contribution >= 4 is 57.6 Å². The molecule has 0 aromatic heterocycles. The number of thioether (sulfide) groups is 1. The van der Waals surface area contributed by atoms with Gasteiger partial charge >= 0.3 is 0 Å². The van der Waals surface area contributed by atoms with Crippen molar-refractivity contribution in [2.75, 3.05) is 26.1 Å². The van der Waals surface area contributed by atoms with E-state index in [2.05, 4.69) is 31.6 Å². The lowest BCUT2D eigenvalue weighted by Gasteiger charge is -2.15. The predicted molar refractivity (Wildman–Crippen MR) is 109 cm³/mol. The molecule has 23 heavy (non-hydrogen) atoms. The number of ether oxygens (including phenoxy) is 2. The van der Waals surface area contributed by atoms with Crippen molar-refractivity contribution in [1.82, 2.24) is 10.6 Å². The normalized spacial score (nSPS) is 19.4. The minimum atomic E-state index is 0. The zero-order valence-corrected chi connectivity index (χ0v) is 17.7. The van der Waals surface area contributed by atoms with Crippen molar-refractivity contribution in [2.45, 2.75) is 24.6 Å². The van der Waals surface area contributed by atoms with Crippen molar-refractivity contribution in [3.8, 4) is 11.5 Å². The number of fused-ring (bicyclic) bond motifs is 1. The Bertz CT molecular complexity index is 568. The van der Waals surface area contributed by atoms with Crippen LogP contribution in [0, 0.1) is 0 Å². The van der Waals surface area contributed by atoms with Crippen molar-refractivity contribution < 1.29 is 9.47 Å². The van der Waals surface area contributed by atoms with Crippen LogP contribution in [0.15, 0.2) is 21.6 Å². The zero-order valence-electron chi connectivity index (χ0n) is 12.9. The second kappa shape index (κ2) is 9.22. The van der Waals surface area contributed by atoms with Gasteiger partial charge < -0.3 is 20.1 Å². The summed E-state index contributed by atoms with van der Waals surface area (Å²) in [6, 6.07) is 4.04. The number of aliphatic imine (C=N–C) groups is 1. The largest absolute Gasteiger partial charge is 0.454 e. The van der Waals surface area contributed by atoms with Gasteiger partial charge in [-0.15, -0.1) is 24.0 Å². The molecule has 128 valence electrons. The molecule has 0 spiro atoms. The highest BCUT2D eigenvalue weighted by molar-refractivity contribution is 14.0. The maximum absolute atomic E-state index is 5.44. The lowest BCUT2D eigenvalue weighted by molar-refractivity contribution is 0.173. The summed E-state index contributed by atoms with van der Waals surface area (Å²) in [4.78, 5) is 4.28. The third-order valence-electron chi connectivity index (χ3n) is 3.69. The quantitative estimate of drug-likeness (QED) is 0.367. The molecule has 0 amide bonds. The predicted octanol–water partition coefficient (Wildman–Crippen LogP) is 3.36.